The van der Waals surface area contributed by atoms with E-state index in [1.165, 1.54) is 0 Å². The number of carbonyl (C=O) groups is 1. The number of hydrogen-bond acceptors (Lipinski definition) is 4. The summed E-state index contributed by atoms with van der Waals surface area (Å²) in [6.07, 6.45) is 0.708. The molecule has 1 spiro atoms. The van der Waals surface area contributed by atoms with Gasteiger partial charge in [0.15, 0.2) is 0 Å². The summed E-state index contributed by atoms with van der Waals surface area (Å²) >= 11 is 3.49. The van der Waals surface area contributed by atoms with Crippen molar-refractivity contribution in [1.82, 2.24) is 5.01 Å². The average Bonchev–Trinajstić information content (AvgIpc) is 3.30. The smallest absolute Gasteiger partial charge is 0.306 e. The highest BCUT2D eigenvalue weighted by Crippen LogP contribution is 2.53. The molecule has 1 amide bonds. The van der Waals surface area contributed by atoms with Crippen molar-refractivity contribution in [3.63, 3.8) is 0 Å². The van der Waals surface area contributed by atoms with Gasteiger partial charge in [-0.3, -0.25) is 4.79 Å². The normalized spacial score (nSPS) is 23.8. The van der Waals surface area contributed by atoms with Gasteiger partial charge in [0.2, 0.25) is 0 Å². The van der Waals surface area contributed by atoms with Crippen LogP contribution >= 0.6 is 15.9 Å². The predicted octanol–water partition coefficient (Wildman–Crippen LogP) is 4.80. The molecule has 142 valence electrons. The molecule has 0 bridgehead atoms. The van der Waals surface area contributed by atoms with Gasteiger partial charge in [-0.1, -0.05) is 64.5 Å². The number of carbonyl (C=O) groups excluding carboxylic acids is 1. The zero-order chi connectivity index (χ0) is 19.6. The number of para-hydroxylation sites is 2. The molecule has 1 N–H and O–H groups in total. The van der Waals surface area contributed by atoms with E-state index < -0.39 is 5.72 Å². The molecule has 3 aliphatic heterocycles. The quantitative estimate of drug-likeness (QED) is 0.585. The van der Waals surface area contributed by atoms with Crippen LogP contribution in [0.25, 0.3) is 0 Å². The number of amides is 1. The molecule has 0 fully saturated rings. The first-order chi connectivity index (χ1) is 14.2. The van der Waals surface area contributed by atoms with Gasteiger partial charge in [-0.2, -0.15) is 5.10 Å². The van der Waals surface area contributed by atoms with Gasteiger partial charge in [-0.05, 0) is 29.8 Å². The second-order valence-corrected chi connectivity index (χ2v) is 8.32. The molecular weight excluding hydrogens is 430 g/mol. The summed E-state index contributed by atoms with van der Waals surface area (Å²) in [5.41, 5.74) is 3.30. The van der Waals surface area contributed by atoms with E-state index >= 15 is 0 Å². The van der Waals surface area contributed by atoms with Gasteiger partial charge in [0.05, 0.1) is 23.0 Å². The Morgan fingerprint density at radius 1 is 1.03 bits per heavy atom. The molecule has 0 radical (unpaired) electrons. The van der Waals surface area contributed by atoms with Crippen molar-refractivity contribution < 1.29 is 9.53 Å². The van der Waals surface area contributed by atoms with Crippen molar-refractivity contribution in [1.29, 1.82) is 0 Å². The zero-order valence-corrected chi connectivity index (χ0v) is 16.9. The summed E-state index contributed by atoms with van der Waals surface area (Å²) < 4.78 is 7.46. The van der Waals surface area contributed by atoms with E-state index in [1.54, 1.807) is 0 Å². The second kappa shape index (κ2) is 5.94. The first-order valence-corrected chi connectivity index (χ1v) is 10.3. The lowest BCUT2D eigenvalue weighted by molar-refractivity contribution is -0.161. The molecule has 29 heavy (non-hydrogen) atoms. The van der Waals surface area contributed by atoms with E-state index in [1.807, 2.05) is 71.7 Å². The van der Waals surface area contributed by atoms with Crippen LogP contribution < -0.4 is 10.1 Å². The van der Waals surface area contributed by atoms with Gasteiger partial charge in [0.1, 0.15) is 5.75 Å². The maximum Gasteiger partial charge on any atom is 0.306 e. The number of rotatable bonds is 1. The predicted molar refractivity (Wildman–Crippen MR) is 114 cm³/mol. The zero-order valence-electron chi connectivity index (χ0n) is 15.3. The van der Waals surface area contributed by atoms with Gasteiger partial charge in [0, 0.05) is 16.5 Å². The number of anilines is 1. The number of nitrogens with one attached hydrogen (secondary N) is 1. The number of fused-ring (bicyclic) bond motifs is 6. The molecule has 6 heteroatoms. The fraction of sp³-hybridized carbons (Fsp3) is 0.130. The minimum atomic E-state index is -1.30. The Hall–Kier alpha value is -3.12. The Morgan fingerprint density at radius 3 is 2.66 bits per heavy atom. The Labute approximate surface area is 176 Å². The van der Waals surface area contributed by atoms with Gasteiger partial charge in [-0.25, -0.2) is 5.01 Å². The third-order valence-corrected chi connectivity index (χ3v) is 6.32. The maximum absolute atomic E-state index is 13.3. The standard InChI is InChI=1S/C23H16BrN3O2/c24-15-11-9-14(10-12-15)19-13-20-16-5-1-4-8-21(16)29-23(27(20)26-19)17-6-2-3-7-18(17)25-22(23)28/h1-12,20H,13H2,(H,25,28)/t20-,23-/m1/s1. The molecule has 5 nitrogen and oxygen atoms in total. The van der Waals surface area contributed by atoms with E-state index in [9.17, 15) is 4.79 Å². The van der Waals surface area contributed by atoms with Crippen LogP contribution in [0.4, 0.5) is 5.69 Å². The second-order valence-electron chi connectivity index (χ2n) is 7.40. The average molecular weight is 446 g/mol. The van der Waals surface area contributed by atoms with Crippen LogP contribution in [0.15, 0.2) is 82.4 Å². The summed E-state index contributed by atoms with van der Waals surface area (Å²) in [6, 6.07) is 23.6. The fourth-order valence-corrected chi connectivity index (χ4v) is 4.72. The van der Waals surface area contributed by atoms with E-state index in [0.717, 1.165) is 38.3 Å². The van der Waals surface area contributed by atoms with Crippen molar-refractivity contribution >= 4 is 33.2 Å². The van der Waals surface area contributed by atoms with Crippen molar-refractivity contribution in [3.8, 4) is 5.75 Å². The molecule has 3 aliphatic rings. The van der Waals surface area contributed by atoms with Gasteiger partial charge < -0.3 is 10.1 Å². The van der Waals surface area contributed by atoms with Crippen molar-refractivity contribution in [2.24, 2.45) is 5.10 Å². The highest BCUT2D eigenvalue weighted by Gasteiger charge is 2.60. The maximum atomic E-state index is 13.3. The third-order valence-electron chi connectivity index (χ3n) is 5.79. The minimum Gasteiger partial charge on any atom is -0.453 e. The fourth-order valence-electron chi connectivity index (χ4n) is 4.46. The molecule has 0 aromatic heterocycles. The monoisotopic (exact) mass is 445 g/mol. The van der Waals surface area contributed by atoms with Crippen LogP contribution in [-0.4, -0.2) is 16.6 Å². The first-order valence-electron chi connectivity index (χ1n) is 9.48. The lowest BCUT2D eigenvalue weighted by Gasteiger charge is -2.43. The van der Waals surface area contributed by atoms with E-state index in [-0.39, 0.29) is 11.9 Å². The van der Waals surface area contributed by atoms with Gasteiger partial charge >= 0.3 is 5.72 Å². The Morgan fingerprint density at radius 2 is 1.79 bits per heavy atom. The lowest BCUT2D eigenvalue weighted by atomic mass is 9.92. The number of halogens is 1. The number of ether oxygens (including phenoxy) is 1. The molecule has 3 heterocycles. The van der Waals surface area contributed by atoms with Crippen LogP contribution in [0.3, 0.4) is 0 Å². The first kappa shape index (κ1) is 16.8. The summed E-state index contributed by atoms with van der Waals surface area (Å²) in [4.78, 5) is 13.3. The van der Waals surface area contributed by atoms with Crippen molar-refractivity contribution in [3.05, 3.63) is 94.0 Å². The summed E-state index contributed by atoms with van der Waals surface area (Å²) in [5, 5.41) is 9.78. The highest BCUT2D eigenvalue weighted by molar-refractivity contribution is 9.10. The van der Waals surface area contributed by atoms with Crippen LogP contribution in [0, 0.1) is 0 Å². The van der Waals surface area contributed by atoms with Crippen LogP contribution in [0.1, 0.15) is 29.2 Å². The van der Waals surface area contributed by atoms with E-state index in [0.29, 0.717) is 6.42 Å². The molecule has 0 saturated carbocycles. The number of hydrogen-bond donors (Lipinski definition) is 1. The van der Waals surface area contributed by atoms with Gasteiger partial charge in [0.25, 0.3) is 5.91 Å². The SMILES string of the molecule is O=C1Nc2ccccc2[C@@]12Oc1ccccc1[C@H]1CC(c3ccc(Br)cc3)=NN12. The summed E-state index contributed by atoms with van der Waals surface area (Å²) in [5.74, 6) is 0.520. The topological polar surface area (TPSA) is 53.9 Å². The molecular formula is C23H16BrN3O2. The number of hydrazone groups is 1. The van der Waals surface area contributed by atoms with Crippen LogP contribution in [-0.2, 0) is 10.5 Å². The van der Waals surface area contributed by atoms with Crippen molar-refractivity contribution in [2.45, 2.75) is 18.2 Å². The van der Waals surface area contributed by atoms with Crippen molar-refractivity contribution in [2.75, 3.05) is 5.32 Å². The Balaban J connectivity index is 1.56. The summed E-state index contributed by atoms with van der Waals surface area (Å²) in [6.45, 7) is 0. The van der Waals surface area contributed by atoms with Gasteiger partial charge in [-0.15, -0.1) is 0 Å². The Kier molecular flexibility index (Phi) is 3.44. The number of benzene rings is 3. The van der Waals surface area contributed by atoms with E-state index in [4.69, 9.17) is 9.84 Å². The van der Waals surface area contributed by atoms with E-state index in [2.05, 4.69) is 27.3 Å². The third kappa shape index (κ3) is 2.26. The number of nitrogens with zero attached hydrogens (tertiary/aromatic N) is 2. The lowest BCUT2D eigenvalue weighted by Crippen LogP contribution is -2.55. The Bertz CT molecular complexity index is 1190. The minimum absolute atomic E-state index is 0.0736. The largest absolute Gasteiger partial charge is 0.453 e. The molecule has 3 aromatic rings. The summed E-state index contributed by atoms with van der Waals surface area (Å²) in [7, 11) is 0. The molecule has 2 atom stereocenters. The molecule has 3 aromatic carbocycles. The highest BCUT2D eigenvalue weighted by atomic mass is 79.9. The van der Waals surface area contributed by atoms with Crippen LogP contribution in [0.2, 0.25) is 0 Å². The molecule has 0 unspecified atom stereocenters. The van der Waals surface area contributed by atoms with Crippen LogP contribution in [0.5, 0.6) is 5.75 Å². The molecule has 0 aliphatic carbocycles. The molecule has 0 saturated heterocycles. The molecule has 6 rings (SSSR count).